The minimum atomic E-state index is -4.83. The third-order valence-electron chi connectivity index (χ3n) is 6.85. The lowest BCUT2D eigenvalue weighted by atomic mass is 9.96. The number of hydrogen-bond acceptors (Lipinski definition) is 7. The van der Waals surface area contributed by atoms with Crippen LogP contribution in [0, 0.1) is 0 Å². The van der Waals surface area contributed by atoms with Crippen LogP contribution in [0.25, 0.3) is 0 Å². The third kappa shape index (κ3) is 10.1. The molecule has 2 heterocycles. The van der Waals surface area contributed by atoms with Gasteiger partial charge in [0.05, 0.1) is 18.0 Å². The molecule has 0 fully saturated rings. The molecule has 1 aliphatic heterocycles. The van der Waals surface area contributed by atoms with Crippen LogP contribution in [-0.2, 0) is 22.4 Å². The Hall–Kier alpha value is -4.77. The summed E-state index contributed by atoms with van der Waals surface area (Å²) in [4.78, 5) is 18.2. The minimum absolute atomic E-state index is 0.00728. The van der Waals surface area contributed by atoms with Crippen LogP contribution in [0.1, 0.15) is 30.7 Å². The van der Waals surface area contributed by atoms with Gasteiger partial charge in [0.15, 0.2) is 0 Å². The number of allylic oxidation sites excluding steroid dienone is 5. The van der Waals surface area contributed by atoms with Crippen molar-refractivity contribution < 1.29 is 42.0 Å². The summed E-state index contributed by atoms with van der Waals surface area (Å²) in [5.41, 5.74) is 1.50. The van der Waals surface area contributed by atoms with Crippen molar-refractivity contribution in [3.8, 4) is 17.2 Å². The number of ether oxygens (including phenoxy) is 4. The van der Waals surface area contributed by atoms with Gasteiger partial charge >= 0.3 is 12.3 Å². The lowest BCUT2D eigenvalue weighted by molar-refractivity contribution is -0.274. The molecular weight excluding hydrogens is 619 g/mol. The molecule has 1 unspecified atom stereocenters. The normalized spacial score (nSPS) is 15.2. The SMILES string of the molecule is C=C/C=C(\C=C/Cc1cccs1)C1=NC(CCOc2ccc(CC(C)(Oc3ccc(OC(F)(F)F)cc3)C(=O)O)cc2)=C(C)OC1. The zero-order valence-corrected chi connectivity index (χ0v) is 26.2. The third-order valence-corrected chi connectivity index (χ3v) is 7.75. The highest BCUT2D eigenvalue weighted by Crippen LogP contribution is 2.29. The van der Waals surface area contributed by atoms with Crippen molar-refractivity contribution in [2.45, 2.75) is 45.1 Å². The van der Waals surface area contributed by atoms with Gasteiger partial charge in [-0.15, -0.1) is 24.5 Å². The maximum atomic E-state index is 12.4. The minimum Gasteiger partial charge on any atom is -0.493 e. The highest BCUT2D eigenvalue weighted by Gasteiger charge is 2.36. The second-order valence-electron chi connectivity index (χ2n) is 10.5. The number of hydrogen-bond donors (Lipinski definition) is 1. The van der Waals surface area contributed by atoms with E-state index < -0.39 is 23.7 Å². The molecule has 1 N–H and O–H groups in total. The largest absolute Gasteiger partial charge is 0.573 e. The van der Waals surface area contributed by atoms with Crippen LogP contribution in [0.5, 0.6) is 17.2 Å². The molecule has 0 aliphatic carbocycles. The number of carbonyl (C=O) groups is 1. The number of rotatable bonds is 15. The fourth-order valence-electron chi connectivity index (χ4n) is 4.50. The Balaban J connectivity index is 1.33. The summed E-state index contributed by atoms with van der Waals surface area (Å²) in [6, 6.07) is 15.6. The number of thiophene rings is 1. The quantitative estimate of drug-likeness (QED) is 0.166. The molecular formula is C35H34F3NO6S. The number of nitrogens with zero attached hydrogens (tertiary/aromatic N) is 1. The van der Waals surface area contributed by atoms with Crippen molar-refractivity contribution in [2.24, 2.45) is 4.99 Å². The number of benzene rings is 2. The molecule has 0 saturated heterocycles. The summed E-state index contributed by atoms with van der Waals surface area (Å²) in [7, 11) is 0. The Labute approximate surface area is 269 Å². The molecule has 0 radical (unpaired) electrons. The number of halogens is 3. The predicted octanol–water partition coefficient (Wildman–Crippen LogP) is 8.49. The van der Waals surface area contributed by atoms with E-state index in [9.17, 15) is 23.1 Å². The summed E-state index contributed by atoms with van der Waals surface area (Å²) in [6.07, 6.45) is 4.26. The monoisotopic (exact) mass is 653 g/mol. The molecule has 242 valence electrons. The van der Waals surface area contributed by atoms with Gasteiger partial charge in [-0.05, 0) is 72.8 Å². The molecule has 1 aliphatic rings. The molecule has 46 heavy (non-hydrogen) atoms. The number of carboxylic acids is 1. The fraction of sp³-hybridized carbons (Fsp3) is 0.257. The molecule has 0 spiro atoms. The van der Waals surface area contributed by atoms with Crippen molar-refractivity contribution in [3.63, 3.8) is 0 Å². The van der Waals surface area contributed by atoms with Crippen LogP contribution in [-0.4, -0.2) is 42.0 Å². The summed E-state index contributed by atoms with van der Waals surface area (Å²) in [5.74, 6) is -0.258. The summed E-state index contributed by atoms with van der Waals surface area (Å²) in [6.45, 7) is 7.80. The second kappa shape index (κ2) is 15.5. The van der Waals surface area contributed by atoms with Gasteiger partial charge in [0, 0.05) is 24.1 Å². The van der Waals surface area contributed by atoms with Crippen LogP contribution < -0.4 is 14.2 Å². The average Bonchev–Trinajstić information content (AvgIpc) is 3.52. The zero-order valence-electron chi connectivity index (χ0n) is 25.4. The zero-order chi connectivity index (χ0) is 33.2. The molecule has 2 aromatic carbocycles. The predicted molar refractivity (Wildman–Crippen MR) is 172 cm³/mol. The Morgan fingerprint density at radius 3 is 2.35 bits per heavy atom. The molecule has 1 atom stereocenters. The van der Waals surface area contributed by atoms with Gasteiger partial charge < -0.3 is 24.1 Å². The fourth-order valence-corrected chi connectivity index (χ4v) is 5.18. The molecule has 0 amide bonds. The lowest BCUT2D eigenvalue weighted by Gasteiger charge is -2.26. The Kier molecular flexibility index (Phi) is 11.5. The van der Waals surface area contributed by atoms with E-state index >= 15 is 0 Å². The van der Waals surface area contributed by atoms with Gasteiger partial charge in [0.25, 0.3) is 0 Å². The van der Waals surface area contributed by atoms with E-state index in [1.54, 1.807) is 41.7 Å². The Morgan fingerprint density at radius 1 is 1.07 bits per heavy atom. The van der Waals surface area contributed by atoms with E-state index in [1.807, 2.05) is 25.1 Å². The van der Waals surface area contributed by atoms with E-state index in [0.717, 1.165) is 41.3 Å². The van der Waals surface area contributed by atoms with E-state index in [2.05, 4.69) is 28.8 Å². The molecule has 0 bridgehead atoms. The average molecular weight is 654 g/mol. The van der Waals surface area contributed by atoms with E-state index in [-0.39, 0.29) is 12.2 Å². The number of alkyl halides is 3. The van der Waals surface area contributed by atoms with E-state index in [1.165, 1.54) is 23.9 Å². The summed E-state index contributed by atoms with van der Waals surface area (Å²) in [5, 5.41) is 11.9. The molecule has 7 nitrogen and oxygen atoms in total. The van der Waals surface area contributed by atoms with Gasteiger partial charge in [-0.2, -0.15) is 0 Å². The second-order valence-corrected chi connectivity index (χ2v) is 11.5. The maximum Gasteiger partial charge on any atom is 0.573 e. The highest BCUT2D eigenvalue weighted by molar-refractivity contribution is 7.09. The molecule has 1 aromatic heterocycles. The maximum absolute atomic E-state index is 12.4. The first-order chi connectivity index (χ1) is 21.9. The molecule has 4 rings (SSSR count). The number of carboxylic acid groups (broad SMARTS) is 1. The molecule has 3 aromatic rings. The molecule has 11 heteroatoms. The summed E-state index contributed by atoms with van der Waals surface area (Å²) >= 11 is 1.71. The summed E-state index contributed by atoms with van der Waals surface area (Å²) < 4.78 is 58.7. The first-order valence-corrected chi connectivity index (χ1v) is 15.2. The van der Waals surface area contributed by atoms with Crippen molar-refractivity contribution in [3.05, 3.63) is 124 Å². The smallest absolute Gasteiger partial charge is 0.493 e. The van der Waals surface area contributed by atoms with Gasteiger partial charge in [-0.3, -0.25) is 0 Å². The van der Waals surface area contributed by atoms with Gasteiger partial charge in [0.2, 0.25) is 5.60 Å². The first-order valence-electron chi connectivity index (χ1n) is 14.4. The number of aliphatic imine (C=N–C) groups is 1. The van der Waals surface area contributed by atoms with Crippen LogP contribution in [0.15, 0.2) is 119 Å². The van der Waals surface area contributed by atoms with Crippen molar-refractivity contribution in [1.82, 2.24) is 0 Å². The molecule has 0 saturated carbocycles. The van der Waals surface area contributed by atoms with Crippen molar-refractivity contribution in [2.75, 3.05) is 13.2 Å². The van der Waals surface area contributed by atoms with Gasteiger partial charge in [-0.25, -0.2) is 9.79 Å². The topological polar surface area (TPSA) is 86.6 Å². The van der Waals surface area contributed by atoms with Crippen LogP contribution in [0.3, 0.4) is 0 Å². The lowest BCUT2D eigenvalue weighted by Crippen LogP contribution is -2.43. The van der Waals surface area contributed by atoms with E-state index in [4.69, 9.17) is 19.2 Å². The van der Waals surface area contributed by atoms with Gasteiger partial charge in [-0.1, -0.05) is 49.1 Å². The Morgan fingerprint density at radius 2 is 1.74 bits per heavy atom. The number of aliphatic carboxylic acids is 1. The van der Waals surface area contributed by atoms with Crippen LogP contribution in [0.2, 0.25) is 0 Å². The first kappa shape index (κ1) is 34.1. The Bertz CT molecular complexity index is 1610. The van der Waals surface area contributed by atoms with Crippen LogP contribution >= 0.6 is 11.3 Å². The van der Waals surface area contributed by atoms with Crippen molar-refractivity contribution in [1.29, 1.82) is 0 Å². The highest BCUT2D eigenvalue weighted by atomic mass is 32.1. The standard InChI is InChI=1S/C35H34F3NO6S/c1-4-7-26(8-5-9-30-10-6-21-46-30)32-23-43-24(2)31(39-32)19-20-42-27-13-11-25(12-14-27)22-34(3,33(40)41)44-28-15-17-29(18-16-28)45-35(36,37)38/h4-8,10-18,21H,1,9,19-20,22-23H2,2-3H3,(H,40,41)/b8-5-,26-7+. The van der Waals surface area contributed by atoms with Gasteiger partial charge in [0.1, 0.15) is 29.6 Å². The van der Waals surface area contributed by atoms with E-state index in [0.29, 0.717) is 30.9 Å². The van der Waals surface area contributed by atoms with Crippen LogP contribution in [0.4, 0.5) is 13.2 Å². The van der Waals surface area contributed by atoms with Crippen molar-refractivity contribution >= 4 is 23.0 Å².